The van der Waals surface area contributed by atoms with Crippen LogP contribution in [-0.2, 0) is 13.1 Å². The molecule has 0 aromatic heterocycles. The van der Waals surface area contributed by atoms with E-state index >= 15 is 0 Å². The molecule has 19 heavy (non-hydrogen) atoms. The van der Waals surface area contributed by atoms with Crippen LogP contribution >= 0.6 is 31.9 Å². The molecule has 0 radical (unpaired) electrons. The van der Waals surface area contributed by atoms with Crippen molar-refractivity contribution in [1.29, 1.82) is 0 Å². The average Bonchev–Trinajstić information content (AvgIpc) is 2.41. The van der Waals surface area contributed by atoms with E-state index in [1.807, 2.05) is 12.1 Å². The summed E-state index contributed by atoms with van der Waals surface area (Å²) in [5, 5.41) is 0. The van der Waals surface area contributed by atoms with Gasteiger partial charge in [0.2, 0.25) is 0 Å². The van der Waals surface area contributed by atoms with E-state index in [0.717, 1.165) is 21.1 Å². The molecule has 100 valence electrons. The number of nitrogens with two attached hydrogens (primary N) is 1. The Bertz CT molecular complexity index is 553. The highest BCUT2D eigenvalue weighted by Crippen LogP contribution is 2.27. The molecule has 2 aromatic carbocycles. The maximum absolute atomic E-state index is 5.84. The first-order chi connectivity index (χ1) is 9.11. The van der Waals surface area contributed by atoms with Crippen LogP contribution in [0.2, 0.25) is 0 Å². The molecular weight excluding hydrogens is 368 g/mol. The first-order valence-corrected chi connectivity index (χ1v) is 7.63. The maximum Gasteiger partial charge on any atom is 0.0426 e. The molecule has 2 aromatic rings. The number of rotatable bonds is 4. The Morgan fingerprint density at radius 3 is 2.37 bits per heavy atom. The molecule has 0 bridgehead atoms. The van der Waals surface area contributed by atoms with Gasteiger partial charge in [-0.3, -0.25) is 0 Å². The van der Waals surface area contributed by atoms with Gasteiger partial charge in [0, 0.05) is 40.3 Å². The van der Waals surface area contributed by atoms with Crippen LogP contribution in [-0.4, -0.2) is 7.05 Å². The minimum Gasteiger partial charge on any atom is -0.370 e. The van der Waals surface area contributed by atoms with Crippen molar-refractivity contribution >= 4 is 37.5 Å². The lowest BCUT2D eigenvalue weighted by molar-refractivity contribution is 0.901. The number of hydrogen-bond donors (Lipinski definition) is 1. The summed E-state index contributed by atoms with van der Waals surface area (Å²) in [5.74, 6) is 0. The Labute approximate surface area is 130 Å². The zero-order valence-electron chi connectivity index (χ0n) is 10.7. The molecule has 0 spiro atoms. The molecule has 0 fully saturated rings. The Kier molecular flexibility index (Phi) is 5.02. The predicted molar refractivity (Wildman–Crippen MR) is 88.3 cm³/mol. The predicted octanol–water partition coefficient (Wildman–Crippen LogP) is 4.31. The van der Waals surface area contributed by atoms with Crippen molar-refractivity contribution in [1.82, 2.24) is 0 Å². The van der Waals surface area contributed by atoms with Crippen molar-refractivity contribution in [2.75, 3.05) is 11.9 Å². The van der Waals surface area contributed by atoms with Crippen LogP contribution in [0.5, 0.6) is 0 Å². The maximum atomic E-state index is 5.84. The standard InChI is InChI=1S/C15H16Br2N2/c1-19(10-11-5-7-12(16)8-6-11)15-4-2-3-14(17)13(15)9-18/h2-8H,9-10,18H2,1H3. The second-order valence-electron chi connectivity index (χ2n) is 4.42. The molecule has 0 heterocycles. The van der Waals surface area contributed by atoms with Gasteiger partial charge in [-0.05, 0) is 29.8 Å². The first kappa shape index (κ1) is 14.6. The zero-order valence-corrected chi connectivity index (χ0v) is 13.9. The Hall–Kier alpha value is -0.840. The lowest BCUT2D eigenvalue weighted by atomic mass is 10.1. The number of halogens is 2. The van der Waals surface area contributed by atoms with E-state index in [9.17, 15) is 0 Å². The van der Waals surface area contributed by atoms with Gasteiger partial charge in [0.25, 0.3) is 0 Å². The van der Waals surface area contributed by atoms with E-state index in [1.54, 1.807) is 0 Å². The highest BCUT2D eigenvalue weighted by Gasteiger charge is 2.09. The molecule has 0 aliphatic rings. The number of benzene rings is 2. The molecular formula is C15H16Br2N2. The van der Waals surface area contributed by atoms with Gasteiger partial charge < -0.3 is 10.6 Å². The van der Waals surface area contributed by atoms with Gasteiger partial charge in [0.1, 0.15) is 0 Å². The molecule has 2 rings (SSSR count). The first-order valence-electron chi connectivity index (χ1n) is 6.05. The van der Waals surface area contributed by atoms with E-state index in [-0.39, 0.29) is 0 Å². The highest BCUT2D eigenvalue weighted by molar-refractivity contribution is 9.10. The van der Waals surface area contributed by atoms with E-state index < -0.39 is 0 Å². The van der Waals surface area contributed by atoms with Crippen molar-refractivity contribution < 1.29 is 0 Å². The lowest BCUT2D eigenvalue weighted by Crippen LogP contribution is -2.19. The topological polar surface area (TPSA) is 29.3 Å². The summed E-state index contributed by atoms with van der Waals surface area (Å²) in [6.07, 6.45) is 0. The summed E-state index contributed by atoms with van der Waals surface area (Å²) in [6, 6.07) is 14.5. The van der Waals surface area contributed by atoms with Gasteiger partial charge >= 0.3 is 0 Å². The van der Waals surface area contributed by atoms with E-state index in [4.69, 9.17) is 5.73 Å². The van der Waals surface area contributed by atoms with Crippen molar-refractivity contribution in [3.05, 3.63) is 62.5 Å². The number of nitrogens with zero attached hydrogens (tertiary/aromatic N) is 1. The normalized spacial score (nSPS) is 10.5. The third-order valence-electron chi connectivity index (χ3n) is 3.04. The highest BCUT2D eigenvalue weighted by atomic mass is 79.9. The molecule has 0 saturated carbocycles. The molecule has 0 aliphatic carbocycles. The summed E-state index contributed by atoms with van der Waals surface area (Å²) in [6.45, 7) is 1.39. The summed E-state index contributed by atoms with van der Waals surface area (Å²) >= 11 is 7.01. The van der Waals surface area contributed by atoms with Crippen LogP contribution in [0, 0.1) is 0 Å². The van der Waals surface area contributed by atoms with E-state index in [1.165, 1.54) is 11.3 Å². The van der Waals surface area contributed by atoms with Crippen molar-refractivity contribution in [2.45, 2.75) is 13.1 Å². The molecule has 0 aliphatic heterocycles. The van der Waals surface area contributed by atoms with Crippen molar-refractivity contribution in [3.8, 4) is 0 Å². The fraction of sp³-hybridized carbons (Fsp3) is 0.200. The second kappa shape index (κ2) is 6.55. The Morgan fingerprint density at radius 1 is 1.05 bits per heavy atom. The fourth-order valence-electron chi connectivity index (χ4n) is 2.06. The van der Waals surface area contributed by atoms with Crippen LogP contribution in [0.3, 0.4) is 0 Å². The van der Waals surface area contributed by atoms with Crippen LogP contribution in [0.1, 0.15) is 11.1 Å². The van der Waals surface area contributed by atoms with Gasteiger partial charge in [0.15, 0.2) is 0 Å². The molecule has 4 heteroatoms. The van der Waals surface area contributed by atoms with Gasteiger partial charge in [0.05, 0.1) is 0 Å². The van der Waals surface area contributed by atoms with Crippen molar-refractivity contribution in [3.63, 3.8) is 0 Å². The van der Waals surface area contributed by atoms with Crippen LogP contribution < -0.4 is 10.6 Å². The molecule has 0 saturated heterocycles. The molecule has 2 N–H and O–H groups in total. The Morgan fingerprint density at radius 2 is 1.74 bits per heavy atom. The van der Waals surface area contributed by atoms with Gasteiger partial charge in [-0.2, -0.15) is 0 Å². The second-order valence-corrected chi connectivity index (χ2v) is 6.19. The smallest absolute Gasteiger partial charge is 0.0426 e. The monoisotopic (exact) mass is 382 g/mol. The summed E-state index contributed by atoms with van der Waals surface area (Å²) in [4.78, 5) is 2.22. The van der Waals surface area contributed by atoms with Gasteiger partial charge in [-0.15, -0.1) is 0 Å². The summed E-state index contributed by atoms with van der Waals surface area (Å²) in [5.41, 5.74) is 9.42. The van der Waals surface area contributed by atoms with Crippen LogP contribution in [0.25, 0.3) is 0 Å². The SMILES string of the molecule is CN(Cc1ccc(Br)cc1)c1cccc(Br)c1CN. The Balaban J connectivity index is 2.22. The molecule has 0 amide bonds. The number of anilines is 1. The summed E-state index contributed by atoms with van der Waals surface area (Å²) in [7, 11) is 2.09. The summed E-state index contributed by atoms with van der Waals surface area (Å²) < 4.78 is 2.17. The lowest BCUT2D eigenvalue weighted by Gasteiger charge is -2.23. The van der Waals surface area contributed by atoms with Crippen molar-refractivity contribution in [2.24, 2.45) is 5.73 Å². The fourth-order valence-corrected chi connectivity index (χ4v) is 2.84. The van der Waals surface area contributed by atoms with E-state index in [2.05, 4.69) is 74.1 Å². The number of hydrogen-bond acceptors (Lipinski definition) is 2. The average molecular weight is 384 g/mol. The third-order valence-corrected chi connectivity index (χ3v) is 4.31. The van der Waals surface area contributed by atoms with Crippen LogP contribution in [0.15, 0.2) is 51.4 Å². The quantitative estimate of drug-likeness (QED) is 0.852. The van der Waals surface area contributed by atoms with Crippen LogP contribution in [0.4, 0.5) is 5.69 Å². The minimum absolute atomic E-state index is 0.529. The zero-order chi connectivity index (χ0) is 13.8. The minimum atomic E-state index is 0.529. The van der Waals surface area contributed by atoms with Gasteiger partial charge in [-0.25, -0.2) is 0 Å². The molecule has 0 atom stereocenters. The van der Waals surface area contributed by atoms with E-state index in [0.29, 0.717) is 6.54 Å². The largest absolute Gasteiger partial charge is 0.370 e. The molecule has 2 nitrogen and oxygen atoms in total. The van der Waals surface area contributed by atoms with Gasteiger partial charge in [-0.1, -0.05) is 50.1 Å². The third kappa shape index (κ3) is 3.59. The molecule has 0 unspecified atom stereocenters.